The number of fused-ring (bicyclic) bond motifs is 1. The number of carbonyl (C=O) groups excluding carboxylic acids is 1. The first-order valence-corrected chi connectivity index (χ1v) is 9.40. The number of nitrogens with one attached hydrogen (secondary N) is 1. The fraction of sp³-hybridized carbons (Fsp3) is 0.438. The Hall–Kier alpha value is -1.86. The summed E-state index contributed by atoms with van der Waals surface area (Å²) in [4.78, 5) is 12.6. The van der Waals surface area contributed by atoms with Gasteiger partial charge in [-0.15, -0.1) is 0 Å². The minimum atomic E-state index is -3.01. The van der Waals surface area contributed by atoms with E-state index in [4.69, 9.17) is 4.74 Å². The van der Waals surface area contributed by atoms with E-state index in [-0.39, 0.29) is 23.5 Å². The number of rotatable bonds is 5. The predicted octanol–water partition coefficient (Wildman–Crippen LogP) is 1.20. The lowest BCUT2D eigenvalue weighted by molar-refractivity contribution is 0.0942. The van der Waals surface area contributed by atoms with Crippen molar-refractivity contribution in [2.24, 2.45) is 0 Å². The fourth-order valence-corrected chi connectivity index (χ4v) is 4.65. The van der Waals surface area contributed by atoms with Crippen molar-refractivity contribution in [1.82, 2.24) is 9.88 Å². The largest absolute Gasteiger partial charge is 0.383 e. The third-order valence-electron chi connectivity index (χ3n) is 4.14. The highest BCUT2D eigenvalue weighted by Gasteiger charge is 2.29. The maximum absolute atomic E-state index is 12.6. The van der Waals surface area contributed by atoms with Gasteiger partial charge in [0.25, 0.3) is 5.91 Å². The zero-order chi connectivity index (χ0) is 16.4. The standard InChI is InChI=1S/C16H20N2O4S/c1-22-8-7-18-10-14(13-4-2-3-5-15(13)18)16(19)17-12-6-9-23(20,21)11-12/h2-5,10,12H,6-9,11H2,1H3,(H,17,19)/t12-/m1/s1. The van der Waals surface area contributed by atoms with Crippen LogP contribution in [0.2, 0.25) is 0 Å². The van der Waals surface area contributed by atoms with E-state index < -0.39 is 9.84 Å². The van der Waals surface area contributed by atoms with Gasteiger partial charge in [0.1, 0.15) is 0 Å². The summed E-state index contributed by atoms with van der Waals surface area (Å²) in [6.07, 6.45) is 2.29. The number of benzene rings is 1. The molecule has 1 aliphatic heterocycles. The lowest BCUT2D eigenvalue weighted by atomic mass is 10.1. The smallest absolute Gasteiger partial charge is 0.253 e. The van der Waals surface area contributed by atoms with Crippen molar-refractivity contribution >= 4 is 26.6 Å². The van der Waals surface area contributed by atoms with E-state index >= 15 is 0 Å². The van der Waals surface area contributed by atoms with Crippen molar-refractivity contribution in [2.75, 3.05) is 25.2 Å². The number of hydrogen-bond acceptors (Lipinski definition) is 4. The van der Waals surface area contributed by atoms with Crippen molar-refractivity contribution < 1.29 is 17.9 Å². The predicted molar refractivity (Wildman–Crippen MR) is 88.3 cm³/mol. The molecule has 0 spiro atoms. The Morgan fingerprint density at radius 1 is 1.39 bits per heavy atom. The molecule has 1 aromatic heterocycles. The molecule has 0 aliphatic carbocycles. The molecular formula is C16H20N2O4S. The molecule has 0 unspecified atom stereocenters. The van der Waals surface area contributed by atoms with Crippen LogP contribution in [0.1, 0.15) is 16.8 Å². The third-order valence-corrected chi connectivity index (χ3v) is 5.91. The lowest BCUT2D eigenvalue weighted by Gasteiger charge is -2.10. The quantitative estimate of drug-likeness (QED) is 0.890. The van der Waals surface area contributed by atoms with Crippen molar-refractivity contribution in [3.63, 3.8) is 0 Å². The van der Waals surface area contributed by atoms with E-state index in [0.717, 1.165) is 10.9 Å². The molecule has 1 amide bonds. The molecule has 7 heteroatoms. The summed E-state index contributed by atoms with van der Waals surface area (Å²) in [5.74, 6) is -0.0475. The number of para-hydroxylation sites is 1. The average Bonchev–Trinajstić information content (AvgIpc) is 3.05. The molecule has 2 heterocycles. The van der Waals surface area contributed by atoms with Crippen LogP contribution >= 0.6 is 0 Å². The van der Waals surface area contributed by atoms with Crippen LogP contribution in [0.25, 0.3) is 10.9 Å². The van der Waals surface area contributed by atoms with Gasteiger partial charge in [-0.05, 0) is 12.5 Å². The van der Waals surface area contributed by atoms with Crippen molar-refractivity contribution in [1.29, 1.82) is 0 Å². The molecule has 2 aromatic rings. The molecule has 1 fully saturated rings. The minimum absolute atomic E-state index is 0.0288. The number of sulfone groups is 1. The van der Waals surface area contributed by atoms with Gasteiger partial charge in [0.2, 0.25) is 0 Å². The van der Waals surface area contributed by atoms with E-state index in [2.05, 4.69) is 5.32 Å². The molecule has 1 N–H and O–H groups in total. The number of aromatic nitrogens is 1. The van der Waals surface area contributed by atoms with Gasteiger partial charge >= 0.3 is 0 Å². The maximum atomic E-state index is 12.6. The van der Waals surface area contributed by atoms with Gasteiger partial charge in [-0.1, -0.05) is 18.2 Å². The molecule has 1 saturated heterocycles. The highest BCUT2D eigenvalue weighted by atomic mass is 32.2. The van der Waals surface area contributed by atoms with E-state index in [0.29, 0.717) is 25.1 Å². The molecule has 124 valence electrons. The van der Waals surface area contributed by atoms with Gasteiger partial charge in [-0.25, -0.2) is 8.42 Å². The molecule has 0 bridgehead atoms. The summed E-state index contributed by atoms with van der Waals surface area (Å²) in [7, 11) is -1.37. The van der Waals surface area contributed by atoms with Crippen LogP contribution in [0.3, 0.4) is 0 Å². The third kappa shape index (κ3) is 3.40. The summed E-state index contributed by atoms with van der Waals surface area (Å²) in [6, 6.07) is 7.38. The van der Waals surface area contributed by atoms with Crippen LogP contribution in [0.4, 0.5) is 0 Å². The number of ether oxygens (including phenoxy) is 1. The fourth-order valence-electron chi connectivity index (χ4n) is 2.97. The highest BCUT2D eigenvalue weighted by Crippen LogP contribution is 2.22. The summed E-state index contributed by atoms with van der Waals surface area (Å²) in [6.45, 7) is 1.21. The maximum Gasteiger partial charge on any atom is 0.253 e. The van der Waals surface area contributed by atoms with Gasteiger partial charge in [0.15, 0.2) is 9.84 Å². The second-order valence-corrected chi connectivity index (χ2v) is 8.05. The summed E-state index contributed by atoms with van der Waals surface area (Å²) in [5.41, 5.74) is 1.54. The van der Waals surface area contributed by atoms with Gasteiger partial charge in [0, 0.05) is 36.8 Å². The van der Waals surface area contributed by atoms with Crippen molar-refractivity contribution in [3.05, 3.63) is 36.0 Å². The highest BCUT2D eigenvalue weighted by molar-refractivity contribution is 7.91. The molecule has 1 aromatic carbocycles. The Bertz CT molecular complexity index is 826. The van der Waals surface area contributed by atoms with Crippen molar-refractivity contribution in [2.45, 2.75) is 19.0 Å². The normalized spacial score (nSPS) is 20.0. The van der Waals surface area contributed by atoms with E-state index in [1.807, 2.05) is 35.0 Å². The summed E-state index contributed by atoms with van der Waals surface area (Å²) >= 11 is 0. The van der Waals surface area contributed by atoms with Gasteiger partial charge in [-0.3, -0.25) is 4.79 Å². The van der Waals surface area contributed by atoms with Crippen LogP contribution in [0, 0.1) is 0 Å². The first-order valence-electron chi connectivity index (χ1n) is 7.58. The molecular weight excluding hydrogens is 316 g/mol. The number of hydrogen-bond donors (Lipinski definition) is 1. The molecule has 1 atom stereocenters. The Morgan fingerprint density at radius 2 is 2.17 bits per heavy atom. The molecule has 3 rings (SSSR count). The molecule has 0 saturated carbocycles. The monoisotopic (exact) mass is 336 g/mol. The lowest BCUT2D eigenvalue weighted by Crippen LogP contribution is -2.35. The molecule has 6 nitrogen and oxygen atoms in total. The second-order valence-electron chi connectivity index (χ2n) is 5.82. The molecule has 23 heavy (non-hydrogen) atoms. The van der Waals surface area contributed by atoms with E-state index in [9.17, 15) is 13.2 Å². The van der Waals surface area contributed by atoms with E-state index in [1.165, 1.54) is 0 Å². The van der Waals surface area contributed by atoms with Crippen LogP contribution in [0.15, 0.2) is 30.5 Å². The summed E-state index contributed by atoms with van der Waals surface area (Å²) in [5, 5.41) is 3.71. The Morgan fingerprint density at radius 3 is 2.87 bits per heavy atom. The van der Waals surface area contributed by atoms with Crippen molar-refractivity contribution in [3.8, 4) is 0 Å². The number of nitrogens with zero attached hydrogens (tertiary/aromatic N) is 1. The minimum Gasteiger partial charge on any atom is -0.383 e. The topological polar surface area (TPSA) is 77.4 Å². The number of carbonyl (C=O) groups is 1. The first-order chi connectivity index (χ1) is 11.0. The number of amides is 1. The Kier molecular flexibility index (Phi) is 4.41. The molecule has 0 radical (unpaired) electrons. The zero-order valence-electron chi connectivity index (χ0n) is 13.0. The second kappa shape index (κ2) is 6.33. The van der Waals surface area contributed by atoms with Crippen LogP contribution < -0.4 is 5.32 Å². The number of methoxy groups -OCH3 is 1. The van der Waals surface area contributed by atoms with E-state index in [1.54, 1.807) is 7.11 Å². The Labute approximate surface area is 135 Å². The summed E-state index contributed by atoms with van der Waals surface area (Å²) < 4.78 is 30.1. The Balaban J connectivity index is 1.85. The van der Waals surface area contributed by atoms with Crippen LogP contribution in [-0.2, 0) is 21.1 Å². The van der Waals surface area contributed by atoms with Crippen LogP contribution in [0.5, 0.6) is 0 Å². The SMILES string of the molecule is COCCn1cc(C(=O)N[C@@H]2CCS(=O)(=O)C2)c2ccccc21. The molecule has 1 aliphatic rings. The van der Waals surface area contributed by atoms with Crippen LogP contribution in [-0.4, -0.2) is 50.2 Å². The van der Waals surface area contributed by atoms with Gasteiger partial charge in [-0.2, -0.15) is 0 Å². The average molecular weight is 336 g/mol. The van der Waals surface area contributed by atoms with Gasteiger partial charge in [0.05, 0.1) is 23.7 Å². The van der Waals surface area contributed by atoms with Gasteiger partial charge < -0.3 is 14.6 Å². The first kappa shape index (κ1) is 16.0. The zero-order valence-corrected chi connectivity index (χ0v) is 13.8.